The molecule has 1 radical (unpaired) electrons. The second-order valence-electron chi connectivity index (χ2n) is 18.7. The zero-order valence-corrected chi connectivity index (χ0v) is 41.3. The molecule has 3 heterocycles. The number of imidazole rings is 1. The van der Waals surface area contributed by atoms with E-state index in [0.717, 1.165) is 44.4 Å². The molecule has 0 amide bonds. The van der Waals surface area contributed by atoms with Gasteiger partial charge in [-0.25, -0.2) is 0 Å². The van der Waals surface area contributed by atoms with Crippen LogP contribution in [0, 0.1) is 17.5 Å². The van der Waals surface area contributed by atoms with E-state index >= 15 is 0 Å². The first-order valence-corrected chi connectivity index (χ1v) is 25.1. The second-order valence-corrected chi connectivity index (χ2v) is 23.7. The molecule has 0 saturated heterocycles. The monoisotopic (exact) mass is 1030 g/mol. The Hall–Kier alpha value is -5.59. The molecule has 63 heavy (non-hydrogen) atoms. The van der Waals surface area contributed by atoms with Crippen LogP contribution in [0.25, 0.3) is 50.5 Å². The van der Waals surface area contributed by atoms with E-state index in [1.807, 2.05) is 99.8 Å². The zero-order chi connectivity index (χ0) is 45.6. The fourth-order valence-electron chi connectivity index (χ4n) is 7.96. The molecule has 323 valence electrons. The summed E-state index contributed by atoms with van der Waals surface area (Å²) in [5, 5.41) is 1.09. The molecule has 0 bridgehead atoms. The minimum absolute atomic E-state index is 0. The number of hydrogen-bond acceptors (Lipinski definition) is 4. The topological polar surface area (TPSA) is 49.2 Å². The van der Waals surface area contributed by atoms with E-state index in [-0.39, 0.29) is 31.9 Å². The molecule has 0 aliphatic carbocycles. The summed E-state index contributed by atoms with van der Waals surface area (Å²) in [6.45, 7) is 21.6. The van der Waals surface area contributed by atoms with Crippen molar-refractivity contribution >= 4 is 24.3 Å². The zero-order valence-electron chi connectivity index (χ0n) is 39.9. The fraction of sp³-hybridized carbons (Fsp3) is 0.250. The van der Waals surface area contributed by atoms with Crippen LogP contribution in [0.15, 0.2) is 140 Å². The Morgan fingerprint density at radius 2 is 1.33 bits per heavy atom. The Morgan fingerprint density at radius 1 is 0.698 bits per heavy atom. The van der Waals surface area contributed by atoms with E-state index in [2.05, 4.69) is 130 Å². The Morgan fingerprint density at radius 3 is 1.97 bits per heavy atom. The van der Waals surface area contributed by atoms with Crippen LogP contribution in [0.1, 0.15) is 79.7 Å². The maximum atomic E-state index is 8.75. The molecule has 0 spiro atoms. The van der Waals surface area contributed by atoms with Crippen LogP contribution >= 0.6 is 0 Å². The van der Waals surface area contributed by atoms with Gasteiger partial charge >= 0.3 is 0 Å². The molecule has 0 atom stereocenters. The first kappa shape index (κ1) is 42.7. The molecule has 0 unspecified atom stereocenters. The summed E-state index contributed by atoms with van der Waals surface area (Å²) < 4.78 is 32.5. The van der Waals surface area contributed by atoms with Crippen molar-refractivity contribution in [1.82, 2.24) is 14.5 Å². The number of fused-ring (bicyclic) bond motifs is 3. The van der Waals surface area contributed by atoms with Crippen molar-refractivity contribution < 1.29 is 32.3 Å². The quantitative estimate of drug-likeness (QED) is 0.112. The normalized spacial score (nSPS) is 12.8. The van der Waals surface area contributed by atoms with Crippen LogP contribution in [0.5, 0.6) is 23.0 Å². The van der Waals surface area contributed by atoms with Gasteiger partial charge in [0.05, 0.1) is 36.4 Å². The minimum atomic E-state index is -1.70. The molecule has 0 fully saturated rings. The smallest absolute Gasteiger partial charge is 0.166 e. The Balaban J connectivity index is 0.000000225. The molecule has 7 heteroatoms. The Labute approximate surface area is 391 Å². The Kier molecular flexibility index (Phi) is 12.6. The molecule has 8 aromatic rings. The number of ether oxygens (including phenoxy) is 2. The third-order valence-electron chi connectivity index (χ3n) is 10.9. The summed E-state index contributed by atoms with van der Waals surface area (Å²) in [6, 6.07) is 51.5. The van der Waals surface area contributed by atoms with E-state index in [0.29, 0.717) is 23.0 Å². The predicted molar refractivity (Wildman–Crippen MR) is 260 cm³/mol. The van der Waals surface area contributed by atoms with Crippen LogP contribution in [-0.4, -0.2) is 22.6 Å². The standard InChI is InChI=1S/C37H31N2O2.C19H26NSi.Ir/c1-23(2)28-21-26(25-13-6-5-7-14-25)22-29(24(3)4)35(28)39-31-17-9-8-16-30(31)38-37(39)27-15-12-20-34-36(27)41-33-19-11-10-18-32(33)40-34;1-19(2,3)13-16-12-17(15-10-8-7-9-11-15)20-14-18(16)21(4,5)6;/h5-14,16-24H,1-4H3;7-10,12,14H,13H2,1-6H3;/q2*-1;/i;13D2;. The molecule has 1 aliphatic heterocycles. The summed E-state index contributed by atoms with van der Waals surface area (Å²) in [4.78, 5) is 9.81. The van der Waals surface area contributed by atoms with Gasteiger partial charge in [0.25, 0.3) is 0 Å². The number of para-hydroxylation sites is 4. The molecular weight excluding hydrogens is 967 g/mol. The van der Waals surface area contributed by atoms with Gasteiger partial charge < -0.3 is 19.0 Å². The Bertz CT molecular complexity index is 2920. The van der Waals surface area contributed by atoms with Gasteiger partial charge in [0.1, 0.15) is 0 Å². The van der Waals surface area contributed by atoms with Crippen molar-refractivity contribution in [2.75, 3.05) is 0 Å². The molecule has 6 aromatic carbocycles. The maximum Gasteiger partial charge on any atom is 0.166 e. The number of aromatic nitrogens is 3. The van der Waals surface area contributed by atoms with Crippen molar-refractivity contribution in [3.05, 3.63) is 168 Å². The summed E-state index contributed by atoms with van der Waals surface area (Å²) in [5.41, 5.74) is 10.9. The number of benzene rings is 6. The third kappa shape index (κ3) is 9.82. The largest absolute Gasteiger partial charge is 0.494 e. The molecular formula is C56H57IrN3O2Si-2. The third-order valence-corrected chi connectivity index (χ3v) is 12.9. The first-order chi connectivity index (χ1) is 30.4. The van der Waals surface area contributed by atoms with Crippen molar-refractivity contribution in [2.45, 2.75) is 86.3 Å². The van der Waals surface area contributed by atoms with E-state index < -0.39 is 19.9 Å². The van der Waals surface area contributed by atoms with E-state index in [4.69, 9.17) is 17.2 Å². The van der Waals surface area contributed by atoms with Crippen molar-refractivity contribution in [3.8, 4) is 62.5 Å². The van der Waals surface area contributed by atoms with Crippen LogP contribution in [-0.2, 0) is 26.5 Å². The van der Waals surface area contributed by atoms with Gasteiger partial charge in [-0.3, -0.25) is 4.98 Å². The maximum absolute atomic E-state index is 8.75. The van der Waals surface area contributed by atoms with Crippen molar-refractivity contribution in [1.29, 1.82) is 0 Å². The van der Waals surface area contributed by atoms with Gasteiger partial charge in [0.15, 0.2) is 11.5 Å². The predicted octanol–water partition coefficient (Wildman–Crippen LogP) is 15.0. The van der Waals surface area contributed by atoms with Gasteiger partial charge in [-0.05, 0) is 93.2 Å². The van der Waals surface area contributed by atoms with Gasteiger partial charge in [0.2, 0.25) is 0 Å². The molecule has 9 rings (SSSR count). The molecule has 1 aliphatic rings. The second kappa shape index (κ2) is 18.6. The average molecular weight is 1030 g/mol. The molecule has 5 nitrogen and oxygen atoms in total. The van der Waals surface area contributed by atoms with E-state index in [1.54, 1.807) is 0 Å². The number of hydrogen-bond donors (Lipinski definition) is 0. The summed E-state index contributed by atoms with van der Waals surface area (Å²) in [5.74, 6) is 4.00. The van der Waals surface area contributed by atoms with Gasteiger partial charge in [-0.1, -0.05) is 146 Å². The molecule has 2 aromatic heterocycles. The SMILES string of the molecule is CC(C)c1cc(-c2ccccc2)cc(C(C)C)c1-n1c(-c2[c-]ccc3c2Oc2ccccc2O3)nc2ccccc21.[2H]C([2H])(c1cc(-c2[c-]cccc2)ncc1[Si](C)(C)C)C(C)(C)C.[Ir]. The van der Waals surface area contributed by atoms with Crippen LogP contribution in [0.4, 0.5) is 0 Å². The molecule has 0 saturated carbocycles. The van der Waals surface area contributed by atoms with E-state index in [9.17, 15) is 0 Å². The van der Waals surface area contributed by atoms with Crippen LogP contribution in [0.2, 0.25) is 19.6 Å². The number of nitrogens with zero attached hydrogens (tertiary/aromatic N) is 3. The molecule has 0 N–H and O–H groups in total. The number of pyridine rings is 1. The van der Waals surface area contributed by atoms with Gasteiger partial charge in [-0.15, -0.1) is 48.0 Å². The van der Waals surface area contributed by atoms with Crippen LogP contribution < -0.4 is 14.7 Å². The summed E-state index contributed by atoms with van der Waals surface area (Å²) in [6.07, 6.45) is 0.469. The summed E-state index contributed by atoms with van der Waals surface area (Å²) >= 11 is 0. The van der Waals surface area contributed by atoms with Crippen LogP contribution in [0.3, 0.4) is 0 Å². The van der Waals surface area contributed by atoms with Crippen molar-refractivity contribution in [2.24, 2.45) is 5.41 Å². The first-order valence-electron chi connectivity index (χ1n) is 22.6. The summed E-state index contributed by atoms with van der Waals surface area (Å²) in [7, 11) is -1.70. The van der Waals surface area contributed by atoms with Crippen molar-refractivity contribution in [3.63, 3.8) is 0 Å². The fourth-order valence-corrected chi connectivity index (χ4v) is 9.35. The minimum Gasteiger partial charge on any atom is -0.494 e. The van der Waals surface area contributed by atoms with E-state index in [1.165, 1.54) is 27.9 Å². The van der Waals surface area contributed by atoms with Gasteiger partial charge in [-0.2, -0.15) is 0 Å². The van der Waals surface area contributed by atoms with Gasteiger partial charge in [0, 0.05) is 34.7 Å². The average Bonchev–Trinajstić information content (AvgIpc) is 3.66. The number of rotatable bonds is 8.